The molecular weight excluding hydrogens is 360 g/mol. The molecule has 0 fully saturated rings. The zero-order chi connectivity index (χ0) is 20.2. The van der Waals surface area contributed by atoms with Gasteiger partial charge in [-0.05, 0) is 55.5 Å². The SMILES string of the molecule is CCc1ccccc1NC(=O)[C@@H](CC)N(c1cc(C)ccc1C)S(C)(=O)=O. The topological polar surface area (TPSA) is 66.5 Å². The summed E-state index contributed by atoms with van der Waals surface area (Å²) in [4.78, 5) is 13.1. The quantitative estimate of drug-likeness (QED) is 0.778. The van der Waals surface area contributed by atoms with Crippen LogP contribution in [0.3, 0.4) is 0 Å². The number of nitrogens with one attached hydrogen (secondary N) is 1. The predicted molar refractivity (Wildman–Crippen MR) is 112 cm³/mol. The fourth-order valence-electron chi connectivity index (χ4n) is 3.16. The van der Waals surface area contributed by atoms with Crippen molar-refractivity contribution < 1.29 is 13.2 Å². The molecule has 0 aliphatic heterocycles. The number of para-hydroxylation sites is 1. The molecule has 146 valence electrons. The summed E-state index contributed by atoms with van der Waals surface area (Å²) in [6, 6.07) is 12.4. The van der Waals surface area contributed by atoms with Gasteiger partial charge in [0.2, 0.25) is 15.9 Å². The average Bonchev–Trinajstić information content (AvgIpc) is 2.61. The first-order chi connectivity index (χ1) is 12.7. The molecule has 0 unspecified atom stereocenters. The third-order valence-electron chi connectivity index (χ3n) is 4.59. The number of hydrogen-bond donors (Lipinski definition) is 1. The number of nitrogens with zero attached hydrogens (tertiary/aromatic N) is 1. The summed E-state index contributed by atoms with van der Waals surface area (Å²) in [6.07, 6.45) is 2.28. The molecule has 1 amide bonds. The zero-order valence-electron chi connectivity index (χ0n) is 16.6. The van der Waals surface area contributed by atoms with E-state index in [9.17, 15) is 13.2 Å². The van der Waals surface area contributed by atoms with Gasteiger partial charge < -0.3 is 5.32 Å². The van der Waals surface area contributed by atoms with E-state index < -0.39 is 16.1 Å². The average molecular weight is 389 g/mol. The van der Waals surface area contributed by atoms with E-state index in [2.05, 4.69) is 5.32 Å². The van der Waals surface area contributed by atoms with Crippen LogP contribution >= 0.6 is 0 Å². The lowest BCUT2D eigenvalue weighted by molar-refractivity contribution is -0.117. The number of aryl methyl sites for hydroxylation is 3. The second kappa shape index (κ2) is 8.57. The molecule has 0 aliphatic carbocycles. The number of carbonyl (C=O) groups is 1. The fraction of sp³-hybridized carbons (Fsp3) is 0.381. The van der Waals surface area contributed by atoms with Crippen molar-refractivity contribution in [3.8, 4) is 0 Å². The van der Waals surface area contributed by atoms with Gasteiger partial charge in [-0.1, -0.05) is 44.2 Å². The number of amides is 1. The van der Waals surface area contributed by atoms with Crippen LogP contribution in [0.15, 0.2) is 42.5 Å². The molecule has 2 aromatic rings. The van der Waals surface area contributed by atoms with Crippen LogP contribution in [0.2, 0.25) is 0 Å². The summed E-state index contributed by atoms with van der Waals surface area (Å²) in [5, 5.41) is 2.92. The zero-order valence-corrected chi connectivity index (χ0v) is 17.4. The van der Waals surface area contributed by atoms with E-state index in [-0.39, 0.29) is 5.91 Å². The number of carbonyl (C=O) groups excluding carboxylic acids is 1. The minimum atomic E-state index is -3.65. The van der Waals surface area contributed by atoms with E-state index in [0.29, 0.717) is 12.1 Å². The predicted octanol–water partition coefficient (Wildman–Crippen LogP) is 4.05. The number of hydrogen-bond acceptors (Lipinski definition) is 3. The van der Waals surface area contributed by atoms with Gasteiger partial charge in [0.25, 0.3) is 0 Å². The molecule has 0 aromatic heterocycles. The highest BCUT2D eigenvalue weighted by atomic mass is 32.2. The molecule has 0 spiro atoms. The van der Waals surface area contributed by atoms with Gasteiger partial charge in [-0.2, -0.15) is 0 Å². The number of benzene rings is 2. The second-order valence-corrected chi connectivity index (χ2v) is 8.63. The Balaban J connectivity index is 2.46. The summed E-state index contributed by atoms with van der Waals surface area (Å²) in [5.74, 6) is -0.329. The molecule has 2 aromatic carbocycles. The first-order valence-electron chi connectivity index (χ1n) is 9.14. The van der Waals surface area contributed by atoms with Crippen molar-refractivity contribution in [1.82, 2.24) is 0 Å². The van der Waals surface area contributed by atoms with Crippen LogP contribution in [0.25, 0.3) is 0 Å². The van der Waals surface area contributed by atoms with Gasteiger partial charge in [-0.25, -0.2) is 8.42 Å². The fourth-order valence-corrected chi connectivity index (χ4v) is 4.42. The first kappa shape index (κ1) is 21.0. The molecule has 0 bridgehead atoms. The van der Waals surface area contributed by atoms with Crippen LogP contribution in [0.4, 0.5) is 11.4 Å². The maximum Gasteiger partial charge on any atom is 0.248 e. The summed E-state index contributed by atoms with van der Waals surface area (Å²) in [5.41, 5.74) is 4.03. The molecular formula is C21H28N2O3S. The number of rotatable bonds is 7. The second-order valence-electron chi connectivity index (χ2n) is 6.77. The highest BCUT2D eigenvalue weighted by molar-refractivity contribution is 7.92. The van der Waals surface area contributed by atoms with Crippen LogP contribution < -0.4 is 9.62 Å². The minimum Gasteiger partial charge on any atom is -0.324 e. The monoisotopic (exact) mass is 388 g/mol. The molecule has 6 heteroatoms. The van der Waals surface area contributed by atoms with Gasteiger partial charge in [0.05, 0.1) is 11.9 Å². The lowest BCUT2D eigenvalue weighted by atomic mass is 10.1. The van der Waals surface area contributed by atoms with Crippen molar-refractivity contribution >= 4 is 27.3 Å². The maximum absolute atomic E-state index is 13.1. The van der Waals surface area contributed by atoms with Crippen molar-refractivity contribution in [1.29, 1.82) is 0 Å². The van der Waals surface area contributed by atoms with Crippen LogP contribution in [0.5, 0.6) is 0 Å². The third kappa shape index (κ3) is 4.89. The molecule has 1 N–H and O–H groups in total. The lowest BCUT2D eigenvalue weighted by Gasteiger charge is -2.31. The van der Waals surface area contributed by atoms with Crippen LogP contribution in [-0.2, 0) is 21.2 Å². The van der Waals surface area contributed by atoms with Crippen molar-refractivity contribution in [2.45, 2.75) is 46.6 Å². The normalized spacial score (nSPS) is 12.5. The molecule has 0 heterocycles. The van der Waals surface area contributed by atoms with Crippen LogP contribution in [0, 0.1) is 13.8 Å². The van der Waals surface area contributed by atoms with Gasteiger partial charge >= 0.3 is 0 Å². The summed E-state index contributed by atoms with van der Waals surface area (Å²) in [6.45, 7) is 7.59. The minimum absolute atomic E-state index is 0.329. The van der Waals surface area contributed by atoms with Crippen LogP contribution in [-0.4, -0.2) is 26.6 Å². The Labute approximate surface area is 162 Å². The highest BCUT2D eigenvalue weighted by Gasteiger charge is 2.32. The summed E-state index contributed by atoms with van der Waals surface area (Å²) >= 11 is 0. The van der Waals surface area contributed by atoms with Gasteiger partial charge in [-0.15, -0.1) is 0 Å². The van der Waals surface area contributed by atoms with Crippen molar-refractivity contribution in [2.75, 3.05) is 15.9 Å². The number of anilines is 2. The molecule has 5 nitrogen and oxygen atoms in total. The standard InChI is InChI=1S/C21H28N2O3S/c1-6-17-10-8-9-11-18(17)22-21(24)19(7-2)23(27(5,25)26)20-14-15(3)12-13-16(20)4/h8-14,19H,6-7H2,1-5H3,(H,22,24)/t19-/m1/s1. The molecule has 0 saturated carbocycles. The summed E-state index contributed by atoms with van der Waals surface area (Å²) in [7, 11) is -3.65. The molecule has 1 atom stereocenters. The maximum atomic E-state index is 13.1. The highest BCUT2D eigenvalue weighted by Crippen LogP contribution is 2.28. The van der Waals surface area contributed by atoms with E-state index in [1.54, 1.807) is 0 Å². The molecule has 0 aliphatic rings. The van der Waals surface area contributed by atoms with E-state index in [4.69, 9.17) is 0 Å². The van der Waals surface area contributed by atoms with Gasteiger partial charge in [0.15, 0.2) is 0 Å². The van der Waals surface area contributed by atoms with Gasteiger partial charge in [0, 0.05) is 5.69 Å². The lowest BCUT2D eigenvalue weighted by Crippen LogP contribution is -2.47. The van der Waals surface area contributed by atoms with Crippen LogP contribution in [0.1, 0.15) is 37.0 Å². The first-order valence-corrected chi connectivity index (χ1v) is 11.0. The van der Waals surface area contributed by atoms with E-state index >= 15 is 0 Å². The molecule has 2 rings (SSSR count). The van der Waals surface area contributed by atoms with Gasteiger partial charge in [0.1, 0.15) is 6.04 Å². The van der Waals surface area contributed by atoms with Gasteiger partial charge in [-0.3, -0.25) is 9.10 Å². The smallest absolute Gasteiger partial charge is 0.248 e. The summed E-state index contributed by atoms with van der Waals surface area (Å²) < 4.78 is 26.5. The molecule has 0 radical (unpaired) electrons. The van der Waals surface area contributed by atoms with Crippen molar-refractivity contribution in [2.24, 2.45) is 0 Å². The largest absolute Gasteiger partial charge is 0.324 e. The Kier molecular flexibility index (Phi) is 6.65. The Morgan fingerprint density at radius 1 is 1.11 bits per heavy atom. The molecule has 27 heavy (non-hydrogen) atoms. The Bertz CT molecular complexity index is 923. The van der Waals surface area contributed by atoms with E-state index in [1.807, 2.05) is 70.2 Å². The Morgan fingerprint density at radius 3 is 2.37 bits per heavy atom. The number of sulfonamides is 1. The van der Waals surface area contributed by atoms with E-state index in [1.165, 1.54) is 4.31 Å². The Hall–Kier alpha value is -2.34. The Morgan fingerprint density at radius 2 is 1.78 bits per heavy atom. The van der Waals surface area contributed by atoms with Crippen molar-refractivity contribution in [3.63, 3.8) is 0 Å². The third-order valence-corrected chi connectivity index (χ3v) is 5.75. The van der Waals surface area contributed by atoms with E-state index in [0.717, 1.165) is 35.1 Å². The molecule has 0 saturated heterocycles. The van der Waals surface area contributed by atoms with Crippen molar-refractivity contribution in [3.05, 3.63) is 59.2 Å².